The van der Waals surface area contributed by atoms with Crippen LogP contribution in [0.5, 0.6) is 0 Å². The predicted molar refractivity (Wildman–Crippen MR) is 70.1 cm³/mol. The Bertz CT molecular complexity index is 663. The third-order valence-corrected chi connectivity index (χ3v) is 2.98. The molecule has 1 aromatic carbocycles. The van der Waals surface area contributed by atoms with Gasteiger partial charge in [0, 0.05) is 11.8 Å². The van der Waals surface area contributed by atoms with Crippen LogP contribution >= 0.6 is 0 Å². The molecule has 0 saturated carbocycles. The highest BCUT2D eigenvalue weighted by Gasteiger charge is 2.05. The average Bonchev–Trinajstić information content (AvgIpc) is 2.73. The number of hydrogen-bond acceptors (Lipinski definition) is 1. The van der Waals surface area contributed by atoms with Crippen molar-refractivity contribution in [2.75, 3.05) is 0 Å². The van der Waals surface area contributed by atoms with Gasteiger partial charge in [-0.25, -0.2) is 4.98 Å². The predicted octanol–water partition coefficient (Wildman–Crippen LogP) is 3.62. The first kappa shape index (κ1) is 10.1. The minimum Gasteiger partial charge on any atom is -0.300 e. The summed E-state index contributed by atoms with van der Waals surface area (Å²) in [5.74, 6) is 1.00. The number of fused-ring (bicyclic) bond motifs is 1. The molecule has 0 saturated heterocycles. The molecule has 2 aromatic heterocycles. The fourth-order valence-electron chi connectivity index (χ4n) is 2.01. The summed E-state index contributed by atoms with van der Waals surface area (Å²) in [6.07, 6.45) is 4.03. The van der Waals surface area contributed by atoms with E-state index in [1.54, 1.807) is 0 Å². The molecule has 0 aliphatic heterocycles. The lowest BCUT2D eigenvalue weighted by atomic mass is 10.1. The molecule has 0 bridgehead atoms. The Morgan fingerprint density at radius 2 is 1.59 bits per heavy atom. The standard InChI is InChI=1S/C15H14N2/c1-11-3-6-13(7-4-11)15-16-9-14-8-5-12(2)10-17(14)15/h3-10H,1-2H3. The van der Waals surface area contributed by atoms with Crippen molar-refractivity contribution in [1.82, 2.24) is 9.38 Å². The zero-order chi connectivity index (χ0) is 11.8. The summed E-state index contributed by atoms with van der Waals surface area (Å²) < 4.78 is 2.14. The summed E-state index contributed by atoms with van der Waals surface area (Å²) in [5.41, 5.74) is 4.79. The molecule has 0 unspecified atom stereocenters. The van der Waals surface area contributed by atoms with Gasteiger partial charge in [-0.15, -0.1) is 0 Å². The van der Waals surface area contributed by atoms with Crippen LogP contribution in [0, 0.1) is 13.8 Å². The van der Waals surface area contributed by atoms with Gasteiger partial charge in [0.25, 0.3) is 0 Å². The van der Waals surface area contributed by atoms with Crippen LogP contribution in [-0.2, 0) is 0 Å². The van der Waals surface area contributed by atoms with E-state index in [9.17, 15) is 0 Å². The summed E-state index contributed by atoms with van der Waals surface area (Å²) in [4.78, 5) is 4.50. The molecule has 17 heavy (non-hydrogen) atoms. The Labute approximate surface area is 101 Å². The van der Waals surface area contributed by atoms with Crippen molar-refractivity contribution in [3.63, 3.8) is 0 Å². The van der Waals surface area contributed by atoms with Gasteiger partial charge in [0.05, 0.1) is 11.7 Å². The van der Waals surface area contributed by atoms with Crippen molar-refractivity contribution in [2.45, 2.75) is 13.8 Å². The topological polar surface area (TPSA) is 17.3 Å². The molecule has 3 rings (SSSR count). The van der Waals surface area contributed by atoms with E-state index in [0.29, 0.717) is 0 Å². The number of aromatic nitrogens is 2. The normalized spacial score (nSPS) is 10.9. The van der Waals surface area contributed by atoms with Crippen molar-refractivity contribution >= 4 is 5.52 Å². The second kappa shape index (κ2) is 3.74. The van der Waals surface area contributed by atoms with E-state index < -0.39 is 0 Å². The summed E-state index contributed by atoms with van der Waals surface area (Å²) in [6, 6.07) is 12.7. The molecular formula is C15H14N2. The van der Waals surface area contributed by atoms with Gasteiger partial charge in [-0.3, -0.25) is 4.40 Å². The fraction of sp³-hybridized carbons (Fsp3) is 0.133. The minimum absolute atomic E-state index is 1.00. The molecule has 2 heteroatoms. The van der Waals surface area contributed by atoms with Crippen molar-refractivity contribution in [1.29, 1.82) is 0 Å². The third kappa shape index (κ3) is 1.72. The summed E-state index contributed by atoms with van der Waals surface area (Å²) in [5, 5.41) is 0. The Morgan fingerprint density at radius 1 is 0.882 bits per heavy atom. The van der Waals surface area contributed by atoms with Gasteiger partial charge in [0.2, 0.25) is 0 Å². The maximum absolute atomic E-state index is 4.50. The van der Waals surface area contributed by atoms with E-state index >= 15 is 0 Å². The second-order valence-corrected chi connectivity index (χ2v) is 4.45. The molecular weight excluding hydrogens is 208 g/mol. The highest BCUT2D eigenvalue weighted by Crippen LogP contribution is 2.20. The molecule has 0 aliphatic carbocycles. The van der Waals surface area contributed by atoms with Gasteiger partial charge in [-0.1, -0.05) is 35.9 Å². The lowest BCUT2D eigenvalue weighted by Gasteiger charge is -2.03. The summed E-state index contributed by atoms with van der Waals surface area (Å²) in [6.45, 7) is 4.19. The number of hydrogen-bond donors (Lipinski definition) is 0. The molecule has 84 valence electrons. The van der Waals surface area contributed by atoms with Crippen LogP contribution in [0.4, 0.5) is 0 Å². The van der Waals surface area contributed by atoms with Gasteiger partial charge in [-0.05, 0) is 25.5 Å². The van der Waals surface area contributed by atoms with Gasteiger partial charge in [0.15, 0.2) is 0 Å². The quantitative estimate of drug-likeness (QED) is 0.614. The van der Waals surface area contributed by atoms with E-state index in [-0.39, 0.29) is 0 Å². The first-order valence-corrected chi connectivity index (χ1v) is 5.75. The Morgan fingerprint density at radius 3 is 2.35 bits per heavy atom. The van der Waals surface area contributed by atoms with Gasteiger partial charge in [-0.2, -0.15) is 0 Å². The van der Waals surface area contributed by atoms with E-state index in [1.165, 1.54) is 11.1 Å². The monoisotopic (exact) mass is 222 g/mol. The van der Waals surface area contributed by atoms with Crippen molar-refractivity contribution in [3.8, 4) is 11.4 Å². The molecule has 0 atom stereocenters. The zero-order valence-electron chi connectivity index (χ0n) is 10.0. The highest BCUT2D eigenvalue weighted by molar-refractivity contribution is 5.62. The third-order valence-electron chi connectivity index (χ3n) is 2.98. The number of rotatable bonds is 1. The summed E-state index contributed by atoms with van der Waals surface area (Å²) >= 11 is 0. The number of aryl methyl sites for hydroxylation is 2. The molecule has 0 aliphatic rings. The fourth-order valence-corrected chi connectivity index (χ4v) is 2.01. The Hall–Kier alpha value is -2.09. The number of pyridine rings is 1. The zero-order valence-corrected chi connectivity index (χ0v) is 10.0. The lowest BCUT2D eigenvalue weighted by molar-refractivity contribution is 1.14. The molecule has 0 amide bonds. The number of imidazole rings is 1. The van der Waals surface area contributed by atoms with Gasteiger partial charge in [0.1, 0.15) is 5.82 Å². The molecule has 0 N–H and O–H groups in total. The molecule has 2 heterocycles. The lowest BCUT2D eigenvalue weighted by Crippen LogP contribution is -1.90. The number of nitrogens with zero attached hydrogens (tertiary/aromatic N) is 2. The average molecular weight is 222 g/mol. The molecule has 2 nitrogen and oxygen atoms in total. The smallest absolute Gasteiger partial charge is 0.144 e. The number of benzene rings is 1. The van der Waals surface area contributed by atoms with E-state index in [1.807, 2.05) is 6.20 Å². The van der Waals surface area contributed by atoms with Crippen molar-refractivity contribution < 1.29 is 0 Å². The van der Waals surface area contributed by atoms with E-state index in [0.717, 1.165) is 16.9 Å². The van der Waals surface area contributed by atoms with Crippen LogP contribution in [0.2, 0.25) is 0 Å². The summed E-state index contributed by atoms with van der Waals surface area (Å²) in [7, 11) is 0. The van der Waals surface area contributed by atoms with Gasteiger partial charge < -0.3 is 0 Å². The van der Waals surface area contributed by atoms with E-state index in [2.05, 4.69) is 65.8 Å². The van der Waals surface area contributed by atoms with Crippen LogP contribution in [0.1, 0.15) is 11.1 Å². The maximum atomic E-state index is 4.50. The van der Waals surface area contributed by atoms with Crippen LogP contribution < -0.4 is 0 Å². The van der Waals surface area contributed by atoms with Crippen LogP contribution in [0.15, 0.2) is 48.8 Å². The minimum atomic E-state index is 1.00. The largest absolute Gasteiger partial charge is 0.300 e. The van der Waals surface area contributed by atoms with Crippen LogP contribution in [-0.4, -0.2) is 9.38 Å². The SMILES string of the molecule is Cc1ccc(-c2ncc3ccc(C)cn23)cc1. The highest BCUT2D eigenvalue weighted by atomic mass is 15.0. The first-order chi connectivity index (χ1) is 8.24. The van der Waals surface area contributed by atoms with Crippen molar-refractivity contribution in [2.24, 2.45) is 0 Å². The van der Waals surface area contributed by atoms with Crippen LogP contribution in [0.3, 0.4) is 0 Å². The van der Waals surface area contributed by atoms with Crippen LogP contribution in [0.25, 0.3) is 16.9 Å². The Kier molecular flexibility index (Phi) is 2.22. The first-order valence-electron chi connectivity index (χ1n) is 5.75. The second-order valence-electron chi connectivity index (χ2n) is 4.45. The molecule has 0 radical (unpaired) electrons. The molecule has 0 spiro atoms. The molecule has 0 fully saturated rings. The molecule has 3 aromatic rings. The maximum Gasteiger partial charge on any atom is 0.144 e. The Balaban J connectivity index is 2.23. The van der Waals surface area contributed by atoms with E-state index in [4.69, 9.17) is 0 Å². The van der Waals surface area contributed by atoms with Crippen molar-refractivity contribution in [3.05, 3.63) is 59.9 Å². The van der Waals surface area contributed by atoms with Gasteiger partial charge >= 0.3 is 0 Å².